The highest BCUT2D eigenvalue weighted by Gasteiger charge is 2.08. The highest BCUT2D eigenvalue weighted by atomic mass is 16.5. The third-order valence-electron chi connectivity index (χ3n) is 2.26. The largest absolute Gasteiger partial charge is 0.465 e. The molecule has 1 aromatic carbocycles. The number of carbonyl (C=O) groups is 2. The maximum Gasteiger partial charge on any atom is 0.337 e. The molecule has 0 unspecified atom stereocenters. The van der Waals surface area contributed by atoms with Crippen molar-refractivity contribution in [2.24, 2.45) is 0 Å². The van der Waals surface area contributed by atoms with Crippen LogP contribution in [0.5, 0.6) is 0 Å². The van der Waals surface area contributed by atoms with E-state index in [9.17, 15) is 9.59 Å². The zero-order valence-electron chi connectivity index (χ0n) is 8.11. The zero-order chi connectivity index (χ0) is 10.8. The number of benzene rings is 1. The molecule has 0 bridgehead atoms. The lowest BCUT2D eigenvalue weighted by molar-refractivity contribution is 0.0601. The van der Waals surface area contributed by atoms with E-state index in [1.165, 1.54) is 7.11 Å². The molecule has 0 radical (unpaired) electrons. The second-order valence-electron chi connectivity index (χ2n) is 3.11. The van der Waals surface area contributed by atoms with Crippen molar-refractivity contribution in [2.45, 2.75) is 0 Å². The van der Waals surface area contributed by atoms with Crippen LogP contribution in [0.4, 0.5) is 0 Å². The fourth-order valence-corrected chi connectivity index (χ4v) is 1.48. The maximum atomic E-state index is 11.3. The molecule has 0 aliphatic carbocycles. The molecule has 76 valence electrons. The lowest BCUT2D eigenvalue weighted by atomic mass is 10.1. The Balaban J connectivity index is 2.62. The highest BCUT2D eigenvalue weighted by Crippen LogP contribution is 2.18. The van der Waals surface area contributed by atoms with Crippen LogP contribution in [-0.2, 0) is 4.74 Å². The Morgan fingerprint density at radius 1 is 1.47 bits per heavy atom. The molecule has 0 atom stereocenters. The molecule has 15 heavy (non-hydrogen) atoms. The number of H-pyrrole nitrogens is 1. The molecule has 0 aliphatic rings. The van der Waals surface area contributed by atoms with Crippen molar-refractivity contribution in [1.29, 1.82) is 0 Å². The lowest BCUT2D eigenvalue weighted by Crippen LogP contribution is -2.00. The van der Waals surface area contributed by atoms with Crippen molar-refractivity contribution in [3.8, 4) is 0 Å². The van der Waals surface area contributed by atoms with Crippen molar-refractivity contribution in [1.82, 2.24) is 4.98 Å². The number of hydrogen-bond donors (Lipinski definition) is 1. The van der Waals surface area contributed by atoms with Gasteiger partial charge in [0.25, 0.3) is 0 Å². The smallest absolute Gasteiger partial charge is 0.337 e. The molecule has 0 spiro atoms. The summed E-state index contributed by atoms with van der Waals surface area (Å²) >= 11 is 0. The van der Waals surface area contributed by atoms with Crippen molar-refractivity contribution >= 4 is 23.2 Å². The van der Waals surface area contributed by atoms with E-state index in [1.807, 2.05) is 0 Å². The van der Waals surface area contributed by atoms with Crippen LogP contribution < -0.4 is 0 Å². The number of ether oxygens (including phenoxy) is 1. The van der Waals surface area contributed by atoms with Gasteiger partial charge in [0.2, 0.25) is 0 Å². The minimum atomic E-state index is -0.407. The van der Waals surface area contributed by atoms with Crippen LogP contribution in [0.2, 0.25) is 0 Å². The third-order valence-corrected chi connectivity index (χ3v) is 2.26. The van der Waals surface area contributed by atoms with E-state index in [0.717, 1.165) is 17.2 Å². The van der Waals surface area contributed by atoms with E-state index in [1.54, 1.807) is 24.4 Å². The van der Waals surface area contributed by atoms with Gasteiger partial charge in [0.1, 0.15) is 0 Å². The van der Waals surface area contributed by atoms with Gasteiger partial charge in [-0.3, -0.25) is 4.79 Å². The summed E-state index contributed by atoms with van der Waals surface area (Å²) in [7, 11) is 1.32. The van der Waals surface area contributed by atoms with Gasteiger partial charge >= 0.3 is 5.97 Å². The number of nitrogens with one attached hydrogen (secondary N) is 1. The lowest BCUT2D eigenvalue weighted by Gasteiger charge is -1.98. The number of fused-ring (bicyclic) bond motifs is 1. The zero-order valence-corrected chi connectivity index (χ0v) is 8.11. The molecule has 1 heterocycles. The maximum absolute atomic E-state index is 11.3. The Hall–Kier alpha value is -2.10. The van der Waals surface area contributed by atoms with Crippen molar-refractivity contribution in [2.75, 3.05) is 7.11 Å². The molecule has 0 fully saturated rings. The molecule has 1 aromatic heterocycles. The monoisotopic (exact) mass is 203 g/mol. The van der Waals surface area contributed by atoms with Gasteiger partial charge in [-0.1, -0.05) is 0 Å². The number of methoxy groups -OCH3 is 1. The molecule has 0 saturated carbocycles. The van der Waals surface area contributed by atoms with Gasteiger partial charge in [-0.25, -0.2) is 4.79 Å². The molecule has 4 heteroatoms. The van der Waals surface area contributed by atoms with Gasteiger partial charge in [0.15, 0.2) is 6.29 Å². The summed E-state index contributed by atoms with van der Waals surface area (Å²) in [4.78, 5) is 24.9. The van der Waals surface area contributed by atoms with Crippen molar-refractivity contribution in [3.63, 3.8) is 0 Å². The average Bonchev–Trinajstić information content (AvgIpc) is 2.69. The molecule has 0 amide bonds. The quantitative estimate of drug-likeness (QED) is 0.597. The highest BCUT2D eigenvalue weighted by molar-refractivity contribution is 6.01. The predicted molar refractivity (Wildman–Crippen MR) is 55.0 cm³/mol. The first-order valence-corrected chi connectivity index (χ1v) is 4.41. The van der Waals surface area contributed by atoms with Crippen LogP contribution in [0.25, 0.3) is 10.9 Å². The normalized spacial score (nSPS) is 10.2. The van der Waals surface area contributed by atoms with Gasteiger partial charge in [-0.15, -0.1) is 0 Å². The first-order valence-electron chi connectivity index (χ1n) is 4.41. The molecule has 0 aliphatic heterocycles. The standard InChI is InChI=1S/C11H9NO3/c1-15-11(14)7-2-3-10-9(4-7)8(6-13)5-12-10/h2-6,12H,1H3. The van der Waals surface area contributed by atoms with Gasteiger partial charge in [-0.05, 0) is 18.2 Å². The summed E-state index contributed by atoms with van der Waals surface area (Å²) in [6.07, 6.45) is 2.36. The van der Waals surface area contributed by atoms with Crippen LogP contribution in [0.3, 0.4) is 0 Å². The summed E-state index contributed by atoms with van der Waals surface area (Å²) < 4.78 is 4.60. The fraction of sp³-hybridized carbons (Fsp3) is 0.0909. The average molecular weight is 203 g/mol. The molecule has 2 aromatic rings. The number of rotatable bonds is 2. The van der Waals surface area contributed by atoms with E-state index in [0.29, 0.717) is 11.1 Å². The number of aromatic amines is 1. The Labute approximate surface area is 85.9 Å². The summed E-state index contributed by atoms with van der Waals surface area (Å²) in [6, 6.07) is 5.04. The number of carbonyl (C=O) groups excluding carboxylic acids is 2. The second-order valence-corrected chi connectivity index (χ2v) is 3.11. The van der Waals surface area contributed by atoms with Gasteiger partial charge in [0, 0.05) is 22.7 Å². The Morgan fingerprint density at radius 3 is 2.93 bits per heavy atom. The number of esters is 1. The summed E-state index contributed by atoms with van der Waals surface area (Å²) in [5.74, 6) is -0.407. The van der Waals surface area contributed by atoms with Crippen molar-refractivity contribution in [3.05, 3.63) is 35.5 Å². The number of aromatic nitrogens is 1. The van der Waals surface area contributed by atoms with Gasteiger partial charge in [-0.2, -0.15) is 0 Å². The predicted octanol–water partition coefficient (Wildman–Crippen LogP) is 1.77. The minimum absolute atomic E-state index is 0.407. The van der Waals surface area contributed by atoms with Gasteiger partial charge in [0.05, 0.1) is 12.7 Å². The molecule has 4 nitrogen and oxygen atoms in total. The van der Waals surface area contributed by atoms with Crippen LogP contribution in [-0.4, -0.2) is 24.3 Å². The summed E-state index contributed by atoms with van der Waals surface area (Å²) in [6.45, 7) is 0. The van der Waals surface area contributed by atoms with E-state index >= 15 is 0 Å². The van der Waals surface area contributed by atoms with Crippen LogP contribution in [0.15, 0.2) is 24.4 Å². The first kappa shape index (κ1) is 9.45. The molecule has 0 saturated heterocycles. The molecular formula is C11H9NO3. The Morgan fingerprint density at radius 2 is 2.27 bits per heavy atom. The van der Waals surface area contributed by atoms with Crippen LogP contribution in [0.1, 0.15) is 20.7 Å². The van der Waals surface area contributed by atoms with E-state index in [4.69, 9.17) is 0 Å². The minimum Gasteiger partial charge on any atom is -0.465 e. The second kappa shape index (κ2) is 3.57. The Bertz CT molecular complexity index is 528. The van der Waals surface area contributed by atoms with Gasteiger partial charge < -0.3 is 9.72 Å². The van der Waals surface area contributed by atoms with E-state index < -0.39 is 5.97 Å². The van der Waals surface area contributed by atoms with Crippen molar-refractivity contribution < 1.29 is 14.3 Å². The molecule has 1 N–H and O–H groups in total. The topological polar surface area (TPSA) is 59.2 Å². The molecule has 2 rings (SSSR count). The molecular weight excluding hydrogens is 194 g/mol. The van der Waals surface area contributed by atoms with E-state index in [2.05, 4.69) is 9.72 Å². The number of hydrogen-bond acceptors (Lipinski definition) is 3. The fourth-order valence-electron chi connectivity index (χ4n) is 1.48. The van der Waals surface area contributed by atoms with Crippen LogP contribution >= 0.6 is 0 Å². The van der Waals surface area contributed by atoms with Crippen LogP contribution in [0, 0.1) is 0 Å². The first-order chi connectivity index (χ1) is 7.26. The number of aldehydes is 1. The Kier molecular flexibility index (Phi) is 2.25. The summed E-state index contributed by atoms with van der Waals surface area (Å²) in [5, 5.41) is 0.730. The third kappa shape index (κ3) is 1.50. The summed E-state index contributed by atoms with van der Waals surface area (Å²) in [5.41, 5.74) is 1.80. The van der Waals surface area contributed by atoms with E-state index in [-0.39, 0.29) is 0 Å². The SMILES string of the molecule is COC(=O)c1ccc2[nH]cc(C=O)c2c1.